The molecule has 1 rings (SSSR count). The molecule has 0 aliphatic rings. The molecule has 0 unspecified atom stereocenters. The number of nitro groups is 1. The molecular weight excluding hydrogens is 158 g/mol. The molecule has 0 aliphatic carbocycles. The lowest BCUT2D eigenvalue weighted by Gasteiger charge is -1.88. The molecule has 0 saturated carbocycles. The van der Waals surface area contributed by atoms with Gasteiger partial charge < -0.3 is 0 Å². The third-order valence-corrected chi connectivity index (χ3v) is 1.44. The Hall–Kier alpha value is -1.96. The second kappa shape index (κ2) is 2.96. The number of diazo groups is 1. The van der Waals surface area contributed by atoms with E-state index >= 15 is 0 Å². The normalized spacial score (nSPS) is 9.00. The number of hydrogen-bond donors (Lipinski definition) is 0. The van der Waals surface area contributed by atoms with E-state index in [1.807, 2.05) is 0 Å². The Morgan fingerprint density at radius 1 is 1.58 bits per heavy atom. The number of hydrogen-bond acceptors (Lipinski definition) is 3. The van der Waals surface area contributed by atoms with E-state index in [1.165, 1.54) is 12.1 Å². The van der Waals surface area contributed by atoms with Gasteiger partial charge in [-0.25, -0.2) is 0 Å². The highest BCUT2D eigenvalue weighted by atomic mass is 16.6. The van der Waals surface area contributed by atoms with Crippen molar-refractivity contribution in [1.82, 2.24) is 0 Å². The van der Waals surface area contributed by atoms with Crippen molar-refractivity contribution in [3.05, 3.63) is 38.9 Å². The molecule has 0 aliphatic heterocycles. The molecule has 0 amide bonds. The van der Waals surface area contributed by atoms with Gasteiger partial charge in [0.25, 0.3) is 0 Å². The van der Waals surface area contributed by atoms with Crippen LogP contribution >= 0.6 is 0 Å². The van der Waals surface area contributed by atoms with E-state index in [4.69, 9.17) is 5.39 Å². The third-order valence-electron chi connectivity index (χ3n) is 1.44. The lowest BCUT2D eigenvalue weighted by molar-refractivity contribution is -0.383. The van der Waals surface area contributed by atoms with E-state index in [2.05, 4.69) is 4.98 Å². The SMILES string of the molecule is Cc1ccc([N+]#N)c([N+](=O)[O-])c1. The van der Waals surface area contributed by atoms with Crippen LogP contribution in [0.1, 0.15) is 5.56 Å². The van der Waals surface area contributed by atoms with Gasteiger partial charge in [0.2, 0.25) is 5.39 Å². The van der Waals surface area contributed by atoms with Gasteiger partial charge in [-0.3, -0.25) is 10.1 Å². The van der Waals surface area contributed by atoms with Crippen LogP contribution in [0.3, 0.4) is 0 Å². The minimum atomic E-state index is -0.581. The molecule has 0 heterocycles. The van der Waals surface area contributed by atoms with Crippen molar-refractivity contribution in [3.63, 3.8) is 0 Å². The van der Waals surface area contributed by atoms with E-state index in [-0.39, 0.29) is 11.4 Å². The second-order valence-corrected chi connectivity index (χ2v) is 2.35. The first-order valence-corrected chi connectivity index (χ1v) is 3.25. The average Bonchev–Trinajstić information content (AvgIpc) is 2.04. The minimum absolute atomic E-state index is 0.0226. The van der Waals surface area contributed by atoms with E-state index in [0.29, 0.717) is 0 Å². The molecule has 0 radical (unpaired) electrons. The van der Waals surface area contributed by atoms with Gasteiger partial charge in [-0.2, -0.15) is 0 Å². The zero-order valence-corrected chi connectivity index (χ0v) is 6.39. The van der Waals surface area contributed by atoms with E-state index in [9.17, 15) is 10.1 Å². The summed E-state index contributed by atoms with van der Waals surface area (Å²) in [6.07, 6.45) is 0. The Bertz CT molecular complexity index is 367. The molecule has 5 nitrogen and oxygen atoms in total. The number of aryl methyl sites for hydroxylation is 1. The fourth-order valence-electron chi connectivity index (χ4n) is 0.864. The van der Waals surface area contributed by atoms with Gasteiger partial charge >= 0.3 is 11.4 Å². The van der Waals surface area contributed by atoms with Crippen molar-refractivity contribution in [2.24, 2.45) is 0 Å². The van der Waals surface area contributed by atoms with Crippen molar-refractivity contribution in [1.29, 1.82) is 5.39 Å². The highest BCUT2D eigenvalue weighted by molar-refractivity contribution is 5.62. The van der Waals surface area contributed by atoms with Crippen LogP contribution in [0.2, 0.25) is 0 Å². The minimum Gasteiger partial charge on any atom is -0.258 e. The van der Waals surface area contributed by atoms with E-state index in [0.717, 1.165) is 5.56 Å². The number of nitrogens with zero attached hydrogens (tertiary/aromatic N) is 3. The lowest BCUT2D eigenvalue weighted by atomic mass is 10.2. The van der Waals surface area contributed by atoms with Crippen molar-refractivity contribution < 1.29 is 4.92 Å². The first kappa shape index (κ1) is 8.14. The molecule has 0 bridgehead atoms. The molecule has 0 N–H and O–H groups in total. The van der Waals surface area contributed by atoms with Gasteiger partial charge in [-0.1, -0.05) is 6.07 Å². The molecule has 1 aromatic rings. The maximum Gasteiger partial charge on any atom is 0.461 e. The highest BCUT2D eigenvalue weighted by Gasteiger charge is 2.23. The molecular formula is C7H6N3O2+. The molecule has 1 aromatic carbocycles. The largest absolute Gasteiger partial charge is 0.461 e. The van der Waals surface area contributed by atoms with Crippen LogP contribution in [0, 0.1) is 22.4 Å². The fourth-order valence-corrected chi connectivity index (χ4v) is 0.864. The summed E-state index contributed by atoms with van der Waals surface area (Å²) in [5.74, 6) is 0. The summed E-state index contributed by atoms with van der Waals surface area (Å²) in [6, 6.07) is 4.39. The van der Waals surface area contributed by atoms with Crippen LogP contribution in [0.5, 0.6) is 0 Å². The zero-order valence-electron chi connectivity index (χ0n) is 6.39. The lowest BCUT2D eigenvalue weighted by Crippen LogP contribution is -1.88. The van der Waals surface area contributed by atoms with Crippen LogP contribution in [-0.2, 0) is 0 Å². The fraction of sp³-hybridized carbons (Fsp3) is 0.143. The van der Waals surface area contributed by atoms with Gasteiger partial charge in [0.1, 0.15) is 0 Å². The highest BCUT2D eigenvalue weighted by Crippen LogP contribution is 2.27. The standard InChI is InChI=1S/C7H6N3O2/c1-5-2-3-6(9-8)7(4-5)10(11)12/h2-4H,1H3/q+1. The van der Waals surface area contributed by atoms with E-state index in [1.54, 1.807) is 13.0 Å². The predicted molar refractivity (Wildman–Crippen MR) is 42.6 cm³/mol. The van der Waals surface area contributed by atoms with Crippen LogP contribution in [0.15, 0.2) is 18.2 Å². The summed E-state index contributed by atoms with van der Waals surface area (Å²) in [5, 5.41) is 18.7. The Kier molecular flexibility index (Phi) is 2.01. The van der Waals surface area contributed by atoms with Crippen LogP contribution in [0.4, 0.5) is 11.4 Å². The molecule has 0 aromatic heterocycles. The van der Waals surface area contributed by atoms with Gasteiger partial charge in [0, 0.05) is 12.1 Å². The third kappa shape index (κ3) is 1.37. The summed E-state index contributed by atoms with van der Waals surface area (Å²) in [6.45, 7) is 1.73. The Balaban J connectivity index is 3.34. The zero-order chi connectivity index (χ0) is 9.14. The number of benzene rings is 1. The Morgan fingerprint density at radius 3 is 2.75 bits per heavy atom. The smallest absolute Gasteiger partial charge is 0.258 e. The van der Waals surface area contributed by atoms with Crippen molar-refractivity contribution in [2.45, 2.75) is 6.92 Å². The summed E-state index contributed by atoms with van der Waals surface area (Å²) < 4.78 is 0. The van der Waals surface area contributed by atoms with Gasteiger partial charge in [0.05, 0.1) is 4.92 Å². The van der Waals surface area contributed by atoms with E-state index < -0.39 is 4.92 Å². The Labute approximate surface area is 68.4 Å². The molecule has 0 spiro atoms. The first-order valence-electron chi connectivity index (χ1n) is 3.25. The molecule has 5 heteroatoms. The predicted octanol–water partition coefficient (Wildman–Crippen LogP) is 2.39. The summed E-state index contributed by atoms with van der Waals surface area (Å²) >= 11 is 0. The van der Waals surface area contributed by atoms with Gasteiger partial charge in [0.15, 0.2) is 4.98 Å². The monoisotopic (exact) mass is 164 g/mol. The molecule has 0 saturated heterocycles. The number of nitro benzene ring substituents is 1. The molecule has 12 heavy (non-hydrogen) atoms. The number of rotatable bonds is 1. The second-order valence-electron chi connectivity index (χ2n) is 2.35. The van der Waals surface area contributed by atoms with Crippen LogP contribution in [0.25, 0.3) is 4.98 Å². The summed E-state index contributed by atoms with van der Waals surface area (Å²) in [4.78, 5) is 12.6. The molecule has 0 fully saturated rings. The van der Waals surface area contributed by atoms with Gasteiger partial charge in [-0.05, 0) is 12.5 Å². The van der Waals surface area contributed by atoms with Crippen molar-refractivity contribution in [3.8, 4) is 0 Å². The maximum atomic E-state index is 10.4. The molecule has 60 valence electrons. The Morgan fingerprint density at radius 2 is 2.25 bits per heavy atom. The maximum absolute atomic E-state index is 10.4. The topological polar surface area (TPSA) is 71.3 Å². The average molecular weight is 164 g/mol. The van der Waals surface area contributed by atoms with Gasteiger partial charge in [-0.15, -0.1) is 0 Å². The van der Waals surface area contributed by atoms with Crippen LogP contribution in [-0.4, -0.2) is 4.92 Å². The van der Waals surface area contributed by atoms with Crippen molar-refractivity contribution >= 4 is 11.4 Å². The summed E-state index contributed by atoms with van der Waals surface area (Å²) in [5.41, 5.74) is 0.553. The first-order chi connectivity index (χ1) is 5.65. The molecule has 0 atom stereocenters. The quantitative estimate of drug-likeness (QED) is 0.363. The van der Waals surface area contributed by atoms with Crippen LogP contribution < -0.4 is 0 Å². The summed E-state index contributed by atoms with van der Waals surface area (Å²) in [7, 11) is 0. The van der Waals surface area contributed by atoms with Crippen molar-refractivity contribution in [2.75, 3.05) is 0 Å².